The fourth-order valence-electron chi connectivity index (χ4n) is 2.54. The molecule has 0 saturated carbocycles. The molecule has 1 aliphatic heterocycles. The molecule has 1 heterocycles. The Morgan fingerprint density at radius 2 is 1.72 bits per heavy atom. The highest BCUT2D eigenvalue weighted by Crippen LogP contribution is 2.26. The molecule has 25 heavy (non-hydrogen) atoms. The van der Waals surface area contributed by atoms with Crippen molar-refractivity contribution in [1.82, 2.24) is 4.90 Å². The topological polar surface area (TPSA) is 89.8 Å². The number of amides is 2. The van der Waals surface area contributed by atoms with Crippen LogP contribution in [0, 0.1) is 15.9 Å². The van der Waals surface area contributed by atoms with Gasteiger partial charge in [-0.1, -0.05) is 0 Å². The number of non-ortho nitro benzene ring substituents is 1. The van der Waals surface area contributed by atoms with Gasteiger partial charge in [-0.2, -0.15) is 0 Å². The molecular weight excluding hydrogens is 331 g/mol. The molecule has 0 aliphatic carbocycles. The van der Waals surface area contributed by atoms with E-state index in [1.54, 1.807) is 0 Å². The number of carbonyl (C=O) groups is 2. The van der Waals surface area contributed by atoms with Gasteiger partial charge in [-0.25, -0.2) is 4.39 Å². The lowest BCUT2D eigenvalue weighted by atomic mass is 10.1. The summed E-state index contributed by atoms with van der Waals surface area (Å²) < 4.78 is 18.2. The molecule has 1 aliphatic rings. The summed E-state index contributed by atoms with van der Waals surface area (Å²) >= 11 is 0. The molecular formula is C17H13FN2O5. The molecule has 2 aromatic rings. The van der Waals surface area contributed by atoms with E-state index < -0.39 is 16.7 Å². The van der Waals surface area contributed by atoms with Crippen LogP contribution in [-0.4, -0.2) is 34.8 Å². The number of benzene rings is 2. The number of ether oxygens (including phenoxy) is 1. The van der Waals surface area contributed by atoms with Crippen molar-refractivity contribution in [2.24, 2.45) is 0 Å². The van der Waals surface area contributed by atoms with E-state index in [1.165, 1.54) is 36.4 Å². The van der Waals surface area contributed by atoms with Gasteiger partial charge < -0.3 is 4.74 Å². The zero-order chi connectivity index (χ0) is 18.0. The molecule has 2 amide bonds. The summed E-state index contributed by atoms with van der Waals surface area (Å²) in [4.78, 5) is 35.7. The van der Waals surface area contributed by atoms with Gasteiger partial charge in [-0.05, 0) is 36.8 Å². The maximum atomic E-state index is 12.8. The third-order valence-electron chi connectivity index (χ3n) is 3.77. The van der Waals surface area contributed by atoms with E-state index in [1.807, 2.05) is 0 Å². The summed E-state index contributed by atoms with van der Waals surface area (Å²) in [5, 5.41) is 10.8. The summed E-state index contributed by atoms with van der Waals surface area (Å²) in [7, 11) is 0. The average Bonchev–Trinajstić information content (AvgIpc) is 2.84. The van der Waals surface area contributed by atoms with Crippen molar-refractivity contribution in [2.75, 3.05) is 13.2 Å². The minimum Gasteiger partial charge on any atom is -0.494 e. The van der Waals surface area contributed by atoms with Gasteiger partial charge in [-0.15, -0.1) is 0 Å². The zero-order valence-corrected chi connectivity index (χ0v) is 13.0. The Bertz CT molecular complexity index is 851. The van der Waals surface area contributed by atoms with Crippen LogP contribution < -0.4 is 4.74 Å². The van der Waals surface area contributed by atoms with E-state index in [0.29, 0.717) is 12.2 Å². The van der Waals surface area contributed by atoms with Gasteiger partial charge in [0, 0.05) is 18.7 Å². The van der Waals surface area contributed by atoms with Crippen LogP contribution in [0.25, 0.3) is 0 Å². The van der Waals surface area contributed by atoms with Crippen molar-refractivity contribution in [2.45, 2.75) is 6.42 Å². The molecule has 8 heteroatoms. The Balaban J connectivity index is 1.60. The van der Waals surface area contributed by atoms with Gasteiger partial charge in [0.25, 0.3) is 17.5 Å². The smallest absolute Gasteiger partial charge is 0.270 e. The second-order valence-corrected chi connectivity index (χ2v) is 5.40. The Hall–Kier alpha value is -3.29. The molecule has 0 N–H and O–H groups in total. The molecule has 0 atom stereocenters. The van der Waals surface area contributed by atoms with E-state index in [0.717, 1.165) is 11.0 Å². The van der Waals surface area contributed by atoms with Crippen LogP contribution in [0.1, 0.15) is 27.1 Å². The summed E-state index contributed by atoms with van der Waals surface area (Å²) in [6, 6.07) is 9.12. The minimum absolute atomic E-state index is 0.0404. The first-order valence-electron chi connectivity index (χ1n) is 7.50. The zero-order valence-electron chi connectivity index (χ0n) is 13.0. The van der Waals surface area contributed by atoms with Gasteiger partial charge >= 0.3 is 0 Å². The number of nitrogens with zero attached hydrogens (tertiary/aromatic N) is 2. The summed E-state index contributed by atoms with van der Waals surface area (Å²) in [5.41, 5.74) is -0.0323. The van der Waals surface area contributed by atoms with Crippen LogP contribution >= 0.6 is 0 Å². The molecule has 2 aromatic carbocycles. The maximum absolute atomic E-state index is 12.8. The molecule has 0 aromatic heterocycles. The van der Waals surface area contributed by atoms with Crippen molar-refractivity contribution >= 4 is 17.5 Å². The van der Waals surface area contributed by atoms with Gasteiger partial charge in [0.2, 0.25) is 0 Å². The molecule has 3 rings (SSSR count). The highest BCUT2D eigenvalue weighted by molar-refractivity contribution is 6.21. The van der Waals surface area contributed by atoms with Gasteiger partial charge in [-0.3, -0.25) is 24.6 Å². The number of rotatable bonds is 6. The summed E-state index contributed by atoms with van der Waals surface area (Å²) in [6.45, 7) is 0.362. The molecule has 0 spiro atoms. The van der Waals surface area contributed by atoms with Crippen LogP contribution in [0.4, 0.5) is 10.1 Å². The van der Waals surface area contributed by atoms with Gasteiger partial charge in [0.15, 0.2) is 0 Å². The maximum Gasteiger partial charge on any atom is 0.270 e. The molecule has 0 fully saturated rings. The minimum atomic E-state index is -0.614. The highest BCUT2D eigenvalue weighted by Gasteiger charge is 2.36. The molecule has 0 saturated heterocycles. The fourth-order valence-corrected chi connectivity index (χ4v) is 2.54. The summed E-state index contributed by atoms with van der Waals surface area (Å²) in [5.74, 6) is -0.908. The first-order chi connectivity index (χ1) is 12.0. The van der Waals surface area contributed by atoms with Crippen LogP contribution in [0.3, 0.4) is 0 Å². The number of halogens is 1. The molecule has 0 unspecified atom stereocenters. The lowest BCUT2D eigenvalue weighted by Gasteiger charge is -2.13. The van der Waals surface area contributed by atoms with Crippen LogP contribution in [0.15, 0.2) is 42.5 Å². The number of carbonyl (C=O) groups excluding carboxylic acids is 2. The average molecular weight is 344 g/mol. The standard InChI is InChI=1S/C17H13FN2O5/c18-11-2-5-13(6-3-11)25-9-1-8-19-16(21)14-7-4-12(20(23)24)10-15(14)17(19)22/h2-7,10H,1,8-9H2. The lowest BCUT2D eigenvalue weighted by Crippen LogP contribution is -2.31. The number of nitro benzene ring substituents is 1. The van der Waals surface area contributed by atoms with E-state index in [-0.39, 0.29) is 35.8 Å². The van der Waals surface area contributed by atoms with E-state index in [4.69, 9.17) is 4.74 Å². The fraction of sp³-hybridized carbons (Fsp3) is 0.176. The Morgan fingerprint density at radius 3 is 2.40 bits per heavy atom. The number of hydrogen-bond donors (Lipinski definition) is 0. The normalized spacial score (nSPS) is 13.1. The first-order valence-corrected chi connectivity index (χ1v) is 7.50. The summed E-state index contributed by atoms with van der Waals surface area (Å²) in [6.07, 6.45) is 0.380. The monoisotopic (exact) mass is 344 g/mol. The third kappa shape index (κ3) is 3.32. The molecule has 7 nitrogen and oxygen atoms in total. The van der Waals surface area contributed by atoms with Crippen molar-refractivity contribution in [1.29, 1.82) is 0 Å². The van der Waals surface area contributed by atoms with Crippen molar-refractivity contribution in [3.8, 4) is 5.75 Å². The van der Waals surface area contributed by atoms with E-state index >= 15 is 0 Å². The third-order valence-corrected chi connectivity index (χ3v) is 3.77. The molecule has 0 bridgehead atoms. The SMILES string of the molecule is O=C1c2ccc([N+](=O)[O-])cc2C(=O)N1CCCOc1ccc(F)cc1. The highest BCUT2D eigenvalue weighted by atomic mass is 19.1. The van der Waals surface area contributed by atoms with Crippen molar-refractivity contribution in [3.63, 3.8) is 0 Å². The number of fused-ring (bicyclic) bond motifs is 1. The number of hydrogen-bond acceptors (Lipinski definition) is 5. The number of imide groups is 1. The predicted octanol–water partition coefficient (Wildman–Crippen LogP) is 2.80. The predicted molar refractivity (Wildman–Crippen MR) is 85.0 cm³/mol. The van der Waals surface area contributed by atoms with Crippen LogP contribution in [0.2, 0.25) is 0 Å². The Kier molecular flexibility index (Phi) is 4.42. The molecule has 0 radical (unpaired) electrons. The first kappa shape index (κ1) is 16.6. The van der Waals surface area contributed by atoms with E-state index in [9.17, 15) is 24.1 Å². The second-order valence-electron chi connectivity index (χ2n) is 5.40. The van der Waals surface area contributed by atoms with Crippen LogP contribution in [-0.2, 0) is 0 Å². The second kappa shape index (κ2) is 6.68. The van der Waals surface area contributed by atoms with Crippen LogP contribution in [0.5, 0.6) is 5.75 Å². The van der Waals surface area contributed by atoms with Crippen molar-refractivity contribution in [3.05, 3.63) is 69.5 Å². The van der Waals surface area contributed by atoms with Crippen molar-refractivity contribution < 1.29 is 23.6 Å². The molecule has 128 valence electrons. The Morgan fingerprint density at radius 1 is 1.04 bits per heavy atom. The van der Waals surface area contributed by atoms with Gasteiger partial charge in [0.05, 0.1) is 22.7 Å². The van der Waals surface area contributed by atoms with Gasteiger partial charge in [0.1, 0.15) is 11.6 Å². The largest absolute Gasteiger partial charge is 0.494 e. The number of nitro groups is 1. The Labute approximate surface area is 141 Å². The quantitative estimate of drug-likeness (QED) is 0.348. The lowest BCUT2D eigenvalue weighted by molar-refractivity contribution is -0.384. The van der Waals surface area contributed by atoms with E-state index in [2.05, 4.69) is 0 Å².